The van der Waals surface area contributed by atoms with E-state index in [1.54, 1.807) is 6.07 Å². The Hall–Kier alpha value is -1.86. The van der Waals surface area contributed by atoms with Crippen molar-refractivity contribution in [2.45, 2.75) is 58.3 Å². The standard InChI is InChI=1S/C22H34FN3O3/c1-3-24-22(25-15-17-7-8-21(27-4-2)20(23)14-17)26-11-9-18(10-12-26)29-16-19-6-5-13-28-19/h7-8,14,18-19H,3-6,9-13,15-16H2,1-2H3,(H,24,25). The Labute approximate surface area is 173 Å². The van der Waals surface area contributed by atoms with Gasteiger partial charge in [0.05, 0.1) is 32.0 Å². The van der Waals surface area contributed by atoms with Crippen LogP contribution in [0.3, 0.4) is 0 Å². The molecule has 1 aromatic rings. The van der Waals surface area contributed by atoms with E-state index in [9.17, 15) is 4.39 Å². The molecule has 1 aromatic carbocycles. The number of hydrogen-bond acceptors (Lipinski definition) is 4. The molecule has 1 unspecified atom stereocenters. The van der Waals surface area contributed by atoms with Gasteiger partial charge >= 0.3 is 0 Å². The minimum atomic E-state index is -0.339. The van der Waals surface area contributed by atoms with E-state index in [2.05, 4.69) is 17.1 Å². The molecule has 0 amide bonds. The van der Waals surface area contributed by atoms with Crippen molar-refractivity contribution >= 4 is 5.96 Å². The highest BCUT2D eigenvalue weighted by Gasteiger charge is 2.24. The Morgan fingerprint density at radius 1 is 1.28 bits per heavy atom. The molecule has 2 aliphatic heterocycles. The van der Waals surface area contributed by atoms with Gasteiger partial charge < -0.3 is 24.4 Å². The summed E-state index contributed by atoms with van der Waals surface area (Å²) in [5.74, 6) is 0.824. The van der Waals surface area contributed by atoms with Gasteiger partial charge in [-0.15, -0.1) is 0 Å². The molecule has 0 spiro atoms. The van der Waals surface area contributed by atoms with Gasteiger partial charge in [0.15, 0.2) is 17.5 Å². The van der Waals surface area contributed by atoms with Crippen LogP contribution in [-0.4, -0.2) is 62.5 Å². The van der Waals surface area contributed by atoms with Gasteiger partial charge in [-0.05, 0) is 57.2 Å². The Morgan fingerprint density at radius 2 is 2.10 bits per heavy atom. The number of halogens is 1. The summed E-state index contributed by atoms with van der Waals surface area (Å²) in [6.07, 6.45) is 4.79. The molecule has 2 heterocycles. The molecule has 29 heavy (non-hydrogen) atoms. The van der Waals surface area contributed by atoms with Gasteiger partial charge in [-0.3, -0.25) is 0 Å². The lowest BCUT2D eigenvalue weighted by atomic mass is 10.1. The first-order valence-electron chi connectivity index (χ1n) is 10.9. The SMILES string of the molecule is CCNC(=NCc1ccc(OCC)c(F)c1)N1CCC(OCC2CCCO2)CC1. The molecule has 162 valence electrons. The summed E-state index contributed by atoms with van der Waals surface area (Å²) in [6, 6.07) is 5.04. The van der Waals surface area contributed by atoms with Crippen molar-refractivity contribution in [3.05, 3.63) is 29.6 Å². The fourth-order valence-corrected chi connectivity index (χ4v) is 3.76. The molecular weight excluding hydrogens is 373 g/mol. The minimum absolute atomic E-state index is 0.279. The summed E-state index contributed by atoms with van der Waals surface area (Å²) in [6.45, 7) is 8.97. The molecule has 2 aliphatic rings. The Balaban J connectivity index is 1.50. The number of benzene rings is 1. The van der Waals surface area contributed by atoms with E-state index >= 15 is 0 Å². The van der Waals surface area contributed by atoms with E-state index in [4.69, 9.17) is 19.2 Å². The Morgan fingerprint density at radius 3 is 2.76 bits per heavy atom. The Kier molecular flexibility index (Phi) is 8.55. The van der Waals surface area contributed by atoms with Crippen LogP contribution in [-0.2, 0) is 16.0 Å². The van der Waals surface area contributed by atoms with Crippen molar-refractivity contribution < 1.29 is 18.6 Å². The smallest absolute Gasteiger partial charge is 0.194 e. The lowest BCUT2D eigenvalue weighted by Crippen LogP contribution is -2.47. The third kappa shape index (κ3) is 6.57. The number of nitrogens with one attached hydrogen (secondary N) is 1. The van der Waals surface area contributed by atoms with Crippen molar-refractivity contribution in [2.24, 2.45) is 4.99 Å². The van der Waals surface area contributed by atoms with Gasteiger partial charge in [-0.2, -0.15) is 0 Å². The zero-order valence-electron chi connectivity index (χ0n) is 17.7. The lowest BCUT2D eigenvalue weighted by Gasteiger charge is -2.34. The van der Waals surface area contributed by atoms with E-state index in [0.29, 0.717) is 25.9 Å². The molecule has 0 radical (unpaired) electrons. The zero-order valence-corrected chi connectivity index (χ0v) is 17.7. The van der Waals surface area contributed by atoms with Crippen LogP contribution in [0.4, 0.5) is 4.39 Å². The van der Waals surface area contributed by atoms with Crippen molar-refractivity contribution in [1.29, 1.82) is 0 Å². The number of ether oxygens (including phenoxy) is 3. The highest BCUT2D eigenvalue weighted by atomic mass is 19.1. The summed E-state index contributed by atoms with van der Waals surface area (Å²) in [4.78, 5) is 6.99. The first-order valence-corrected chi connectivity index (χ1v) is 10.9. The second-order valence-electron chi connectivity index (χ2n) is 7.52. The summed E-state index contributed by atoms with van der Waals surface area (Å²) in [5.41, 5.74) is 0.830. The summed E-state index contributed by atoms with van der Waals surface area (Å²) in [5, 5.41) is 3.36. The van der Waals surface area contributed by atoms with Crippen molar-refractivity contribution in [3.63, 3.8) is 0 Å². The minimum Gasteiger partial charge on any atom is -0.491 e. The molecule has 0 aromatic heterocycles. The van der Waals surface area contributed by atoms with E-state index in [0.717, 1.165) is 63.4 Å². The van der Waals surface area contributed by atoms with Gasteiger partial charge in [0, 0.05) is 26.2 Å². The molecule has 3 rings (SSSR count). The summed E-state index contributed by atoms with van der Waals surface area (Å²) < 4.78 is 31.0. The maximum Gasteiger partial charge on any atom is 0.194 e. The van der Waals surface area contributed by atoms with Gasteiger partial charge in [0.2, 0.25) is 0 Å². The van der Waals surface area contributed by atoms with Gasteiger partial charge in [0.25, 0.3) is 0 Å². The number of hydrogen-bond donors (Lipinski definition) is 1. The van der Waals surface area contributed by atoms with E-state index < -0.39 is 0 Å². The highest BCUT2D eigenvalue weighted by molar-refractivity contribution is 5.80. The van der Waals surface area contributed by atoms with Crippen LogP contribution >= 0.6 is 0 Å². The molecular formula is C22H34FN3O3. The molecule has 1 N–H and O–H groups in total. The van der Waals surface area contributed by atoms with Crippen LogP contribution in [0.15, 0.2) is 23.2 Å². The molecule has 6 nitrogen and oxygen atoms in total. The molecule has 2 fully saturated rings. The maximum atomic E-state index is 14.1. The van der Waals surface area contributed by atoms with E-state index in [1.807, 2.05) is 13.0 Å². The number of likely N-dealkylation sites (tertiary alicyclic amines) is 1. The number of guanidine groups is 1. The first kappa shape index (κ1) is 21.8. The number of nitrogens with zero attached hydrogens (tertiary/aromatic N) is 2. The average Bonchev–Trinajstić information content (AvgIpc) is 3.26. The lowest BCUT2D eigenvalue weighted by molar-refractivity contribution is -0.0367. The maximum absolute atomic E-state index is 14.1. The van der Waals surface area contributed by atoms with Gasteiger partial charge in [0.1, 0.15) is 0 Å². The van der Waals surface area contributed by atoms with E-state index in [1.165, 1.54) is 6.07 Å². The monoisotopic (exact) mass is 407 g/mol. The van der Waals surface area contributed by atoms with Crippen LogP contribution in [0.1, 0.15) is 45.1 Å². The second-order valence-corrected chi connectivity index (χ2v) is 7.52. The second kappa shape index (κ2) is 11.4. The van der Waals surface area contributed by atoms with Gasteiger partial charge in [-0.1, -0.05) is 6.07 Å². The molecule has 0 bridgehead atoms. The molecule has 2 saturated heterocycles. The van der Waals surface area contributed by atoms with Crippen LogP contribution in [0.5, 0.6) is 5.75 Å². The molecule has 7 heteroatoms. The van der Waals surface area contributed by atoms with Crippen LogP contribution in [0.25, 0.3) is 0 Å². The average molecular weight is 408 g/mol. The van der Waals surface area contributed by atoms with Crippen molar-refractivity contribution in [3.8, 4) is 5.75 Å². The normalized spacial score (nSPS) is 20.9. The topological polar surface area (TPSA) is 55.3 Å². The van der Waals surface area contributed by atoms with Crippen LogP contribution < -0.4 is 10.1 Å². The number of piperidine rings is 1. The summed E-state index contributed by atoms with van der Waals surface area (Å²) in [7, 11) is 0. The number of aliphatic imine (C=N–C) groups is 1. The third-order valence-corrected chi connectivity index (χ3v) is 5.33. The Bertz CT molecular complexity index is 657. The van der Waals surface area contributed by atoms with Crippen LogP contribution in [0.2, 0.25) is 0 Å². The largest absolute Gasteiger partial charge is 0.491 e. The van der Waals surface area contributed by atoms with E-state index in [-0.39, 0.29) is 17.7 Å². The van der Waals surface area contributed by atoms with Crippen LogP contribution in [0, 0.1) is 5.82 Å². The molecule has 0 aliphatic carbocycles. The summed E-state index contributed by atoms with van der Waals surface area (Å²) >= 11 is 0. The molecule has 0 saturated carbocycles. The fraction of sp³-hybridized carbons (Fsp3) is 0.682. The number of rotatable bonds is 8. The highest BCUT2D eigenvalue weighted by Crippen LogP contribution is 2.20. The quantitative estimate of drug-likeness (QED) is 0.529. The first-order chi connectivity index (χ1) is 14.2. The predicted octanol–water partition coefficient (Wildman–Crippen LogP) is 3.35. The fourth-order valence-electron chi connectivity index (χ4n) is 3.76. The van der Waals surface area contributed by atoms with Crippen molar-refractivity contribution in [1.82, 2.24) is 10.2 Å². The van der Waals surface area contributed by atoms with Gasteiger partial charge in [-0.25, -0.2) is 9.38 Å². The van der Waals surface area contributed by atoms with Crippen molar-refractivity contribution in [2.75, 3.05) is 39.5 Å². The zero-order chi connectivity index (χ0) is 20.5. The third-order valence-electron chi connectivity index (χ3n) is 5.33. The predicted molar refractivity (Wildman–Crippen MR) is 112 cm³/mol. The molecule has 1 atom stereocenters.